The summed E-state index contributed by atoms with van der Waals surface area (Å²) < 4.78 is 10.9. The molecule has 1 rings (SSSR count). The van der Waals surface area contributed by atoms with Crippen molar-refractivity contribution < 1.29 is 14.3 Å². The number of aromatic nitrogens is 1. The summed E-state index contributed by atoms with van der Waals surface area (Å²) in [5.41, 5.74) is 2.79. The molecule has 0 radical (unpaired) electrons. The van der Waals surface area contributed by atoms with E-state index in [0.717, 1.165) is 6.42 Å². The minimum atomic E-state index is -0.233. The molecule has 0 bridgehead atoms. The molecule has 0 saturated heterocycles. The van der Waals surface area contributed by atoms with Gasteiger partial charge in [0.2, 0.25) is 0 Å². The van der Waals surface area contributed by atoms with Crippen LogP contribution in [-0.2, 0) is 9.47 Å². The van der Waals surface area contributed by atoms with E-state index in [1.165, 1.54) is 0 Å². The van der Waals surface area contributed by atoms with Crippen LogP contribution in [0.25, 0.3) is 0 Å². The molecule has 112 valence electrons. The largest absolute Gasteiger partial charge is 0.382 e. The van der Waals surface area contributed by atoms with Gasteiger partial charge >= 0.3 is 0 Å². The molecular formula is C12H19BrN4O3. The van der Waals surface area contributed by atoms with Crippen LogP contribution in [-0.4, -0.2) is 44.4 Å². The van der Waals surface area contributed by atoms with E-state index in [0.29, 0.717) is 42.2 Å². The van der Waals surface area contributed by atoms with Gasteiger partial charge in [-0.25, -0.2) is 10.8 Å². The van der Waals surface area contributed by atoms with Gasteiger partial charge in [0.15, 0.2) is 5.82 Å². The first-order chi connectivity index (χ1) is 9.69. The Labute approximate surface area is 126 Å². The van der Waals surface area contributed by atoms with Crippen LogP contribution < -0.4 is 16.6 Å². The maximum Gasteiger partial charge on any atom is 0.255 e. The van der Waals surface area contributed by atoms with Crippen LogP contribution in [0.15, 0.2) is 16.7 Å². The van der Waals surface area contributed by atoms with E-state index < -0.39 is 0 Å². The second-order valence-corrected chi connectivity index (χ2v) is 4.82. The number of nitrogens with zero attached hydrogens (tertiary/aromatic N) is 1. The maximum absolute atomic E-state index is 12.0. The first kappa shape index (κ1) is 16.8. The highest BCUT2D eigenvalue weighted by molar-refractivity contribution is 9.10. The molecule has 1 aromatic rings. The fourth-order valence-corrected chi connectivity index (χ4v) is 1.77. The molecule has 0 aliphatic carbocycles. The molecule has 0 aliphatic heterocycles. The Kier molecular flexibility index (Phi) is 8.12. The van der Waals surface area contributed by atoms with Crippen LogP contribution in [0.5, 0.6) is 0 Å². The van der Waals surface area contributed by atoms with E-state index in [4.69, 9.17) is 15.3 Å². The number of ether oxygens (including phenoxy) is 2. The van der Waals surface area contributed by atoms with Crippen LogP contribution in [0.2, 0.25) is 0 Å². The highest BCUT2D eigenvalue weighted by Gasteiger charge is 2.12. The van der Waals surface area contributed by atoms with E-state index in [1.807, 2.05) is 0 Å². The number of anilines is 1. The van der Waals surface area contributed by atoms with Crippen LogP contribution in [0.3, 0.4) is 0 Å². The van der Waals surface area contributed by atoms with Crippen molar-refractivity contribution in [2.24, 2.45) is 5.84 Å². The number of carbonyl (C=O) groups is 1. The zero-order valence-electron chi connectivity index (χ0n) is 11.3. The highest BCUT2D eigenvalue weighted by atomic mass is 79.9. The number of hydrogen-bond donors (Lipinski definition) is 3. The summed E-state index contributed by atoms with van der Waals surface area (Å²) in [6, 6.07) is 1.66. The van der Waals surface area contributed by atoms with E-state index in [-0.39, 0.29) is 5.91 Å². The minimum absolute atomic E-state index is 0.233. The number of pyridine rings is 1. The number of amides is 1. The van der Waals surface area contributed by atoms with Gasteiger partial charge < -0.3 is 20.2 Å². The summed E-state index contributed by atoms with van der Waals surface area (Å²) in [7, 11) is 1.62. The van der Waals surface area contributed by atoms with Crippen LogP contribution in [0.1, 0.15) is 16.8 Å². The van der Waals surface area contributed by atoms with Crippen molar-refractivity contribution in [1.29, 1.82) is 0 Å². The van der Waals surface area contributed by atoms with E-state index in [2.05, 4.69) is 31.7 Å². The lowest BCUT2D eigenvalue weighted by atomic mass is 10.2. The average Bonchev–Trinajstić information content (AvgIpc) is 2.46. The molecule has 0 unspecified atom stereocenters. The summed E-state index contributed by atoms with van der Waals surface area (Å²) in [6.45, 7) is 2.22. The van der Waals surface area contributed by atoms with Gasteiger partial charge in [-0.1, -0.05) is 0 Å². The molecule has 0 atom stereocenters. The number of hydrazine groups is 1. The number of nitrogen functional groups attached to an aromatic ring is 1. The Morgan fingerprint density at radius 2 is 2.25 bits per heavy atom. The lowest BCUT2D eigenvalue weighted by Gasteiger charge is -2.09. The molecule has 8 heteroatoms. The molecule has 1 amide bonds. The molecule has 7 nitrogen and oxygen atoms in total. The van der Waals surface area contributed by atoms with Gasteiger partial charge in [-0.15, -0.1) is 0 Å². The van der Waals surface area contributed by atoms with E-state index in [9.17, 15) is 4.79 Å². The molecule has 0 aromatic carbocycles. The van der Waals surface area contributed by atoms with Gasteiger partial charge in [-0.2, -0.15) is 0 Å². The lowest BCUT2D eigenvalue weighted by molar-refractivity contribution is 0.0688. The van der Waals surface area contributed by atoms with Gasteiger partial charge in [0.25, 0.3) is 5.91 Å². The number of rotatable bonds is 9. The third-order valence-electron chi connectivity index (χ3n) is 2.42. The summed E-state index contributed by atoms with van der Waals surface area (Å²) in [5, 5.41) is 2.79. The average molecular weight is 347 g/mol. The molecule has 1 heterocycles. The summed E-state index contributed by atoms with van der Waals surface area (Å²) in [5.74, 6) is 5.42. The Bertz CT molecular complexity index is 431. The van der Waals surface area contributed by atoms with E-state index in [1.54, 1.807) is 19.4 Å². The zero-order valence-corrected chi connectivity index (χ0v) is 12.9. The molecule has 0 fully saturated rings. The smallest absolute Gasteiger partial charge is 0.255 e. The number of carbonyl (C=O) groups excluding carboxylic acids is 1. The molecule has 4 N–H and O–H groups in total. The van der Waals surface area contributed by atoms with Crippen LogP contribution >= 0.6 is 15.9 Å². The summed E-state index contributed by atoms with van der Waals surface area (Å²) in [4.78, 5) is 16.0. The molecule has 20 heavy (non-hydrogen) atoms. The zero-order chi connectivity index (χ0) is 14.8. The monoisotopic (exact) mass is 346 g/mol. The number of methoxy groups -OCH3 is 1. The standard InChI is InChI=1S/C12H19BrN4O3/c1-19-5-6-20-4-2-3-15-12(18)10-7-9(13)8-16-11(10)17-14/h7-8H,2-6,14H2,1H3,(H,15,18)(H,16,17). The Morgan fingerprint density at radius 1 is 1.45 bits per heavy atom. The topological polar surface area (TPSA) is 98.5 Å². The SMILES string of the molecule is COCCOCCCNC(=O)c1cc(Br)cnc1NN. The first-order valence-electron chi connectivity index (χ1n) is 6.16. The van der Waals surface area contributed by atoms with Crippen molar-refractivity contribution >= 4 is 27.7 Å². The highest BCUT2D eigenvalue weighted by Crippen LogP contribution is 2.16. The second kappa shape index (κ2) is 9.65. The van der Waals surface area contributed by atoms with Gasteiger partial charge in [0, 0.05) is 30.9 Å². The Balaban J connectivity index is 2.34. The van der Waals surface area contributed by atoms with Crippen molar-refractivity contribution in [3.05, 3.63) is 22.3 Å². The Morgan fingerprint density at radius 3 is 2.95 bits per heavy atom. The summed E-state index contributed by atoms with van der Waals surface area (Å²) in [6.07, 6.45) is 2.29. The minimum Gasteiger partial charge on any atom is -0.382 e. The third kappa shape index (κ3) is 5.83. The molecule has 0 spiro atoms. The van der Waals surface area contributed by atoms with Crippen LogP contribution in [0.4, 0.5) is 5.82 Å². The number of nitrogens with two attached hydrogens (primary N) is 1. The van der Waals surface area contributed by atoms with Gasteiger partial charge in [0.05, 0.1) is 18.8 Å². The Hall–Kier alpha value is -1.22. The van der Waals surface area contributed by atoms with Crippen molar-refractivity contribution in [2.75, 3.05) is 38.9 Å². The second-order valence-electron chi connectivity index (χ2n) is 3.91. The predicted octanol–water partition coefficient (Wildman–Crippen LogP) is 0.913. The van der Waals surface area contributed by atoms with Gasteiger partial charge in [-0.05, 0) is 28.4 Å². The molecule has 1 aromatic heterocycles. The van der Waals surface area contributed by atoms with E-state index >= 15 is 0 Å². The lowest BCUT2D eigenvalue weighted by Crippen LogP contribution is -2.27. The van der Waals surface area contributed by atoms with Crippen LogP contribution in [0, 0.1) is 0 Å². The first-order valence-corrected chi connectivity index (χ1v) is 6.95. The maximum atomic E-state index is 12.0. The molecule has 0 aliphatic rings. The number of halogens is 1. The van der Waals surface area contributed by atoms with Crippen molar-refractivity contribution in [3.63, 3.8) is 0 Å². The van der Waals surface area contributed by atoms with Crippen molar-refractivity contribution in [3.8, 4) is 0 Å². The molecule has 0 saturated carbocycles. The fourth-order valence-electron chi connectivity index (χ4n) is 1.44. The predicted molar refractivity (Wildman–Crippen MR) is 79.4 cm³/mol. The number of nitrogens with one attached hydrogen (secondary N) is 2. The summed E-state index contributed by atoms with van der Waals surface area (Å²) >= 11 is 3.27. The number of hydrogen-bond acceptors (Lipinski definition) is 6. The molecular weight excluding hydrogens is 328 g/mol. The van der Waals surface area contributed by atoms with Crippen molar-refractivity contribution in [1.82, 2.24) is 10.3 Å². The normalized spacial score (nSPS) is 10.3. The third-order valence-corrected chi connectivity index (χ3v) is 2.85. The van der Waals surface area contributed by atoms with Gasteiger partial charge in [0.1, 0.15) is 0 Å². The quantitative estimate of drug-likeness (QED) is 0.349. The fraction of sp³-hybridized carbons (Fsp3) is 0.500. The van der Waals surface area contributed by atoms with Gasteiger partial charge in [-0.3, -0.25) is 4.79 Å². The van der Waals surface area contributed by atoms with Crippen molar-refractivity contribution in [2.45, 2.75) is 6.42 Å².